The summed E-state index contributed by atoms with van der Waals surface area (Å²) in [6.45, 7) is 14.8. The molecule has 2 aliphatic heterocycles. The summed E-state index contributed by atoms with van der Waals surface area (Å²) in [7, 11) is 0. The van der Waals surface area contributed by atoms with Crippen LogP contribution in [-0.2, 0) is 23.7 Å². The van der Waals surface area contributed by atoms with Gasteiger partial charge in [0.2, 0.25) is 0 Å². The van der Waals surface area contributed by atoms with Crippen molar-refractivity contribution in [3.05, 3.63) is 57.6 Å². The number of halogens is 2. The van der Waals surface area contributed by atoms with Gasteiger partial charge in [-0.1, -0.05) is 67.3 Å². The topological polar surface area (TPSA) is 87.4 Å². The van der Waals surface area contributed by atoms with Crippen LogP contribution in [0.25, 0.3) is 0 Å². The van der Waals surface area contributed by atoms with Crippen molar-refractivity contribution in [2.45, 2.75) is 114 Å². The van der Waals surface area contributed by atoms with E-state index in [9.17, 15) is 20.4 Å². The zero-order valence-electron chi connectivity index (χ0n) is 25.0. The van der Waals surface area contributed by atoms with E-state index in [1.54, 1.807) is 0 Å². The lowest BCUT2D eigenvalue weighted by molar-refractivity contribution is -0.00562. The maximum absolute atomic E-state index is 11.0. The second-order valence-corrected chi connectivity index (χ2v) is 13.8. The molecule has 2 aromatic carbocycles. The summed E-state index contributed by atoms with van der Waals surface area (Å²) >= 11 is 6.66. The number of hydrogen-bond donors (Lipinski definition) is 4. The Morgan fingerprint density at radius 3 is 1.32 bits per heavy atom. The van der Waals surface area contributed by atoms with E-state index in [2.05, 4.69) is 60.7 Å². The van der Waals surface area contributed by atoms with Crippen molar-refractivity contribution >= 4 is 31.9 Å². The summed E-state index contributed by atoms with van der Waals surface area (Å²) in [6, 6.07) is 8.33. The lowest BCUT2D eigenvalue weighted by Gasteiger charge is -2.35. The van der Waals surface area contributed by atoms with Gasteiger partial charge in [0.15, 0.2) is 0 Å². The van der Waals surface area contributed by atoms with Crippen molar-refractivity contribution in [2.24, 2.45) is 0 Å². The molecule has 0 spiro atoms. The van der Waals surface area contributed by atoms with Gasteiger partial charge < -0.3 is 20.4 Å². The van der Waals surface area contributed by atoms with Gasteiger partial charge in [-0.05, 0) is 80.3 Å². The van der Waals surface area contributed by atoms with Crippen LogP contribution in [0.15, 0.2) is 24.3 Å². The third kappa shape index (κ3) is 8.45. The molecule has 6 nitrogen and oxygen atoms in total. The number of benzene rings is 2. The molecule has 4 N–H and O–H groups in total. The van der Waals surface area contributed by atoms with Gasteiger partial charge >= 0.3 is 0 Å². The normalized spacial score (nSPS) is 20.6. The van der Waals surface area contributed by atoms with Gasteiger partial charge in [-0.3, -0.25) is 9.80 Å². The Hall–Kier alpha value is -1.16. The highest BCUT2D eigenvalue weighted by Gasteiger charge is 2.37. The molecule has 4 rings (SSSR count). The van der Waals surface area contributed by atoms with Gasteiger partial charge in [0, 0.05) is 58.1 Å². The van der Waals surface area contributed by atoms with Gasteiger partial charge in [-0.25, -0.2) is 0 Å². The van der Waals surface area contributed by atoms with Crippen molar-refractivity contribution in [3.63, 3.8) is 0 Å². The van der Waals surface area contributed by atoms with E-state index in [0.29, 0.717) is 35.2 Å². The fraction of sp³-hybridized carbons (Fsp3) is 0.625. The Kier molecular flexibility index (Phi) is 11.6. The van der Waals surface area contributed by atoms with Crippen molar-refractivity contribution < 1.29 is 20.4 Å². The maximum Gasteiger partial charge on any atom is 0.124 e. The molecule has 0 amide bonds. The van der Waals surface area contributed by atoms with Crippen LogP contribution in [0.2, 0.25) is 0 Å². The van der Waals surface area contributed by atoms with Crippen molar-refractivity contribution in [2.75, 3.05) is 13.1 Å². The van der Waals surface area contributed by atoms with Crippen molar-refractivity contribution in [1.29, 1.82) is 0 Å². The first-order valence-electron chi connectivity index (χ1n) is 14.3. The number of phenols is 2. The first-order valence-corrected chi connectivity index (χ1v) is 16.6. The Balaban J connectivity index is 0.000000307. The molecule has 0 radical (unpaired) electrons. The molecule has 2 fully saturated rings. The smallest absolute Gasteiger partial charge is 0.124 e. The Bertz CT molecular complexity index is 1060. The standard InChI is InChI=1S/C23H38N2O3.C9H10Br2O/c1-16-12-17(14-24-10-6-8-19(24)22(2,3)27)21(26)18(13-16)15-25-11-7-9-20(25)23(4,5)28;1-6-2-7(4-10)9(12)8(3-6)5-11/h12-13,19-20,26-28H,6-11,14-15H2,1-5H3;2-3,12H,4-5H2,1H3. The lowest BCUT2D eigenvalue weighted by Crippen LogP contribution is -2.45. The van der Waals surface area contributed by atoms with Crippen LogP contribution in [0.5, 0.6) is 11.5 Å². The fourth-order valence-corrected chi connectivity index (χ4v) is 7.24. The number of likely N-dealkylation sites (tertiary alicyclic amines) is 2. The maximum atomic E-state index is 11.0. The number of aryl methyl sites for hydroxylation is 2. The fourth-order valence-electron chi connectivity index (χ4n) is 6.38. The number of phenolic OH excluding ortho intramolecular Hbond substituents is 2. The van der Waals surface area contributed by atoms with Crippen LogP contribution in [0, 0.1) is 13.8 Å². The summed E-state index contributed by atoms with van der Waals surface area (Å²) in [5.41, 5.74) is 4.60. The third-order valence-corrected chi connectivity index (χ3v) is 9.43. The van der Waals surface area contributed by atoms with E-state index in [1.807, 2.05) is 46.8 Å². The van der Waals surface area contributed by atoms with Crippen molar-refractivity contribution in [1.82, 2.24) is 9.80 Å². The van der Waals surface area contributed by atoms with E-state index in [4.69, 9.17) is 0 Å². The molecule has 2 aliphatic rings. The highest BCUT2D eigenvalue weighted by molar-refractivity contribution is 9.08. The van der Waals surface area contributed by atoms with Crippen LogP contribution in [0.1, 0.15) is 86.8 Å². The van der Waals surface area contributed by atoms with Crippen LogP contribution in [0.4, 0.5) is 0 Å². The summed E-state index contributed by atoms with van der Waals surface area (Å²) < 4.78 is 0. The molecular formula is C32H48Br2N2O4. The predicted molar refractivity (Wildman–Crippen MR) is 170 cm³/mol. The average Bonchev–Trinajstić information content (AvgIpc) is 3.53. The lowest BCUT2D eigenvalue weighted by atomic mass is 9.95. The second kappa shape index (κ2) is 13.9. The molecule has 8 heteroatoms. The highest BCUT2D eigenvalue weighted by atomic mass is 79.9. The number of hydrogen-bond acceptors (Lipinski definition) is 6. The Morgan fingerprint density at radius 2 is 1.00 bits per heavy atom. The largest absolute Gasteiger partial charge is 0.507 e. The van der Waals surface area contributed by atoms with Gasteiger partial charge in [-0.15, -0.1) is 0 Å². The summed E-state index contributed by atoms with van der Waals surface area (Å²) in [5.74, 6) is 0.766. The van der Waals surface area contributed by atoms with Crippen molar-refractivity contribution in [3.8, 4) is 11.5 Å². The minimum Gasteiger partial charge on any atom is -0.507 e. The average molecular weight is 685 g/mol. The van der Waals surface area contributed by atoms with Gasteiger partial charge in [0.1, 0.15) is 11.5 Å². The quantitative estimate of drug-likeness (QED) is 0.233. The number of rotatable bonds is 8. The minimum absolute atomic E-state index is 0.119. The molecule has 0 saturated carbocycles. The monoisotopic (exact) mass is 682 g/mol. The van der Waals surface area contributed by atoms with Crippen LogP contribution in [0.3, 0.4) is 0 Å². The van der Waals surface area contributed by atoms with Crippen LogP contribution in [-0.4, -0.2) is 66.6 Å². The first kappa shape index (κ1) is 33.3. The van der Waals surface area contributed by atoms with Crippen LogP contribution < -0.4 is 0 Å². The SMILES string of the molecule is Cc1cc(CBr)c(O)c(CBr)c1.Cc1cc(CN2CCCC2C(C)(C)O)c(O)c(CN2CCCC2C(C)(C)O)c1. The molecule has 0 aromatic heterocycles. The molecule has 2 heterocycles. The zero-order chi connectivity index (χ0) is 29.8. The third-order valence-electron chi connectivity index (χ3n) is 8.22. The van der Waals surface area contributed by atoms with Crippen LogP contribution >= 0.6 is 31.9 Å². The number of alkyl halides is 2. The molecule has 2 aromatic rings. The summed E-state index contributed by atoms with van der Waals surface area (Å²) in [5, 5.41) is 43.1. The molecule has 0 bridgehead atoms. The van der Waals surface area contributed by atoms with Gasteiger partial charge in [0.25, 0.3) is 0 Å². The molecular weight excluding hydrogens is 636 g/mol. The Labute approximate surface area is 257 Å². The summed E-state index contributed by atoms with van der Waals surface area (Å²) in [6.07, 6.45) is 4.14. The molecule has 2 atom stereocenters. The molecule has 224 valence electrons. The number of aromatic hydroxyl groups is 2. The van der Waals surface area contributed by atoms with E-state index < -0.39 is 11.2 Å². The second-order valence-electron chi connectivity index (χ2n) is 12.7. The van der Waals surface area contributed by atoms with E-state index in [1.165, 1.54) is 5.56 Å². The molecule has 0 aliphatic carbocycles. The number of nitrogens with zero attached hydrogens (tertiary/aromatic N) is 2. The zero-order valence-corrected chi connectivity index (χ0v) is 28.1. The Morgan fingerprint density at radius 1 is 0.675 bits per heavy atom. The predicted octanol–water partition coefficient (Wildman–Crippen LogP) is 6.66. The molecule has 2 unspecified atom stereocenters. The first-order chi connectivity index (χ1) is 18.6. The molecule has 2 saturated heterocycles. The summed E-state index contributed by atoms with van der Waals surface area (Å²) in [4.78, 5) is 4.60. The van der Waals surface area contributed by atoms with E-state index >= 15 is 0 Å². The minimum atomic E-state index is -0.742. The molecule has 40 heavy (non-hydrogen) atoms. The van der Waals surface area contributed by atoms with Gasteiger partial charge in [0.05, 0.1) is 11.2 Å². The number of aliphatic hydroxyl groups is 2. The van der Waals surface area contributed by atoms with E-state index in [-0.39, 0.29) is 12.1 Å². The highest BCUT2D eigenvalue weighted by Crippen LogP contribution is 2.35. The van der Waals surface area contributed by atoms with E-state index in [0.717, 1.165) is 66.6 Å². The van der Waals surface area contributed by atoms with Gasteiger partial charge in [-0.2, -0.15) is 0 Å².